The molecule has 1 aliphatic heterocycles. The molecule has 1 aliphatic rings. The van der Waals surface area contributed by atoms with Gasteiger partial charge in [-0.25, -0.2) is 4.98 Å². The van der Waals surface area contributed by atoms with Crippen LogP contribution in [0.1, 0.15) is 19.4 Å². The minimum Gasteiger partial charge on any atom is -0.469 e. The molecule has 0 spiro atoms. The second-order valence-corrected chi connectivity index (χ2v) is 7.46. The number of hydrogen-bond acceptors (Lipinski definition) is 6. The van der Waals surface area contributed by atoms with E-state index in [-0.39, 0.29) is 0 Å². The summed E-state index contributed by atoms with van der Waals surface area (Å²) in [5.74, 6) is 1.43. The Hall–Kier alpha value is -2.25. The molecule has 1 atom stereocenters. The van der Waals surface area contributed by atoms with E-state index in [9.17, 15) is 5.11 Å². The molecule has 2 aromatic heterocycles. The smallest absolute Gasteiger partial charge is 0.259 e. The van der Waals surface area contributed by atoms with E-state index in [2.05, 4.69) is 31.1 Å². The van der Waals surface area contributed by atoms with Crippen molar-refractivity contribution in [2.24, 2.45) is 0 Å². The lowest BCUT2D eigenvalue weighted by molar-refractivity contribution is -0.0442. The number of hydrogen-bond donors (Lipinski definition) is 1. The molecule has 1 aromatic carbocycles. The lowest BCUT2D eigenvalue weighted by Crippen LogP contribution is -2.46. The van der Waals surface area contributed by atoms with E-state index in [0.717, 1.165) is 15.6 Å². The normalized spacial score (nSPS) is 18.5. The number of ether oxygens (including phenoxy) is 1. The molecule has 6 nitrogen and oxygen atoms in total. The molecule has 0 fully saturated rings. The SMILES string of the molecule is CC1(C)Oc2ncc(-c3nc(-c4ccc(Br)cc4)no3)cc2CC1O. The molecule has 4 rings (SSSR count). The van der Waals surface area contributed by atoms with Crippen LogP contribution in [-0.2, 0) is 6.42 Å². The zero-order valence-electron chi connectivity index (χ0n) is 13.7. The van der Waals surface area contributed by atoms with Crippen LogP contribution in [0.4, 0.5) is 0 Å². The van der Waals surface area contributed by atoms with Crippen molar-refractivity contribution in [2.75, 3.05) is 0 Å². The summed E-state index contributed by atoms with van der Waals surface area (Å²) in [5.41, 5.74) is 1.74. The molecule has 0 amide bonds. The molecule has 7 heteroatoms. The molecular weight excluding hydrogens is 386 g/mol. The molecule has 0 saturated carbocycles. The third-order valence-electron chi connectivity index (χ3n) is 4.28. The Bertz CT molecular complexity index is 922. The summed E-state index contributed by atoms with van der Waals surface area (Å²) in [5, 5.41) is 14.2. The maximum Gasteiger partial charge on any atom is 0.259 e. The van der Waals surface area contributed by atoms with Crippen molar-refractivity contribution in [1.82, 2.24) is 15.1 Å². The van der Waals surface area contributed by atoms with Crippen LogP contribution in [0.2, 0.25) is 0 Å². The highest BCUT2D eigenvalue weighted by molar-refractivity contribution is 9.10. The molecule has 128 valence electrons. The van der Waals surface area contributed by atoms with Gasteiger partial charge in [-0.15, -0.1) is 0 Å². The highest BCUT2D eigenvalue weighted by atomic mass is 79.9. The van der Waals surface area contributed by atoms with Gasteiger partial charge >= 0.3 is 0 Å². The highest BCUT2D eigenvalue weighted by Gasteiger charge is 2.36. The van der Waals surface area contributed by atoms with Crippen molar-refractivity contribution in [1.29, 1.82) is 0 Å². The Labute approximate surface area is 153 Å². The summed E-state index contributed by atoms with van der Waals surface area (Å²) in [6.07, 6.45) is 1.51. The molecule has 0 saturated heterocycles. The Kier molecular flexibility index (Phi) is 3.85. The maximum absolute atomic E-state index is 10.2. The highest BCUT2D eigenvalue weighted by Crippen LogP contribution is 2.34. The van der Waals surface area contributed by atoms with Crippen molar-refractivity contribution in [3.63, 3.8) is 0 Å². The van der Waals surface area contributed by atoms with E-state index in [0.29, 0.717) is 29.6 Å². The molecule has 1 unspecified atom stereocenters. The summed E-state index contributed by atoms with van der Waals surface area (Å²) < 4.78 is 12.1. The summed E-state index contributed by atoms with van der Waals surface area (Å²) in [7, 11) is 0. The number of pyridine rings is 1. The number of fused-ring (bicyclic) bond motifs is 1. The van der Waals surface area contributed by atoms with E-state index in [4.69, 9.17) is 9.26 Å². The first-order chi connectivity index (χ1) is 11.9. The van der Waals surface area contributed by atoms with Gasteiger partial charge < -0.3 is 14.4 Å². The second kappa shape index (κ2) is 5.93. The molecule has 25 heavy (non-hydrogen) atoms. The van der Waals surface area contributed by atoms with Crippen LogP contribution in [0.25, 0.3) is 22.8 Å². The number of nitrogens with zero attached hydrogens (tertiary/aromatic N) is 3. The number of rotatable bonds is 2. The Morgan fingerprint density at radius 1 is 1.20 bits per heavy atom. The van der Waals surface area contributed by atoms with Crippen molar-refractivity contribution in [3.05, 3.63) is 46.6 Å². The summed E-state index contributed by atoms with van der Waals surface area (Å²) in [6.45, 7) is 3.69. The van der Waals surface area contributed by atoms with Crippen LogP contribution in [0.15, 0.2) is 45.5 Å². The van der Waals surface area contributed by atoms with Crippen LogP contribution >= 0.6 is 15.9 Å². The van der Waals surface area contributed by atoms with E-state index in [1.54, 1.807) is 6.20 Å². The van der Waals surface area contributed by atoms with Crippen LogP contribution in [0.5, 0.6) is 5.88 Å². The van der Waals surface area contributed by atoms with Crippen LogP contribution in [0, 0.1) is 0 Å². The van der Waals surface area contributed by atoms with Crippen LogP contribution in [-0.4, -0.2) is 31.9 Å². The van der Waals surface area contributed by atoms with E-state index >= 15 is 0 Å². The van der Waals surface area contributed by atoms with Crippen molar-refractivity contribution < 1.29 is 14.4 Å². The standard InChI is InChI=1S/C18H16BrN3O3/c1-18(2)14(23)8-11-7-12(9-20-16(11)24-18)17-21-15(22-25-17)10-3-5-13(19)6-4-10/h3-7,9,14,23H,8H2,1-2H3. The number of benzene rings is 1. The first-order valence-corrected chi connectivity index (χ1v) is 8.68. The van der Waals surface area contributed by atoms with Gasteiger partial charge in [0.1, 0.15) is 5.60 Å². The summed E-state index contributed by atoms with van der Waals surface area (Å²) in [6, 6.07) is 9.55. The molecule has 0 radical (unpaired) electrons. The number of halogens is 1. The third kappa shape index (κ3) is 3.05. The van der Waals surface area contributed by atoms with Gasteiger partial charge in [0.05, 0.1) is 11.7 Å². The zero-order valence-corrected chi connectivity index (χ0v) is 15.3. The fraction of sp³-hybridized carbons (Fsp3) is 0.278. The van der Waals surface area contributed by atoms with Gasteiger partial charge in [-0.2, -0.15) is 4.98 Å². The van der Waals surface area contributed by atoms with Gasteiger partial charge in [0.2, 0.25) is 11.7 Å². The summed E-state index contributed by atoms with van der Waals surface area (Å²) in [4.78, 5) is 8.79. The lowest BCUT2D eigenvalue weighted by Gasteiger charge is -2.36. The fourth-order valence-electron chi connectivity index (χ4n) is 2.68. The molecule has 3 heterocycles. The van der Waals surface area contributed by atoms with Crippen molar-refractivity contribution in [2.45, 2.75) is 32.0 Å². The number of aliphatic hydroxyl groups excluding tert-OH is 1. The average Bonchev–Trinajstić information content (AvgIpc) is 3.06. The van der Waals surface area contributed by atoms with Gasteiger partial charge in [0, 0.05) is 28.2 Å². The van der Waals surface area contributed by atoms with E-state index in [1.807, 2.05) is 44.2 Å². The lowest BCUT2D eigenvalue weighted by atomic mass is 9.92. The molecule has 0 aliphatic carbocycles. The molecule has 0 bridgehead atoms. The molecule has 3 aromatic rings. The van der Waals surface area contributed by atoms with Gasteiger partial charge in [-0.05, 0) is 44.2 Å². The summed E-state index contributed by atoms with van der Waals surface area (Å²) >= 11 is 3.40. The predicted molar refractivity (Wildman–Crippen MR) is 95.1 cm³/mol. The van der Waals surface area contributed by atoms with Gasteiger partial charge in [0.15, 0.2) is 0 Å². The minimum atomic E-state index is -0.652. The van der Waals surface area contributed by atoms with Crippen molar-refractivity contribution >= 4 is 15.9 Å². The number of aromatic nitrogens is 3. The second-order valence-electron chi connectivity index (χ2n) is 6.54. The topological polar surface area (TPSA) is 81.3 Å². The largest absolute Gasteiger partial charge is 0.469 e. The third-order valence-corrected chi connectivity index (χ3v) is 4.80. The fourth-order valence-corrected chi connectivity index (χ4v) is 2.95. The monoisotopic (exact) mass is 401 g/mol. The van der Waals surface area contributed by atoms with Gasteiger partial charge in [-0.1, -0.05) is 21.1 Å². The zero-order chi connectivity index (χ0) is 17.6. The Morgan fingerprint density at radius 3 is 2.72 bits per heavy atom. The molecular formula is C18H16BrN3O3. The maximum atomic E-state index is 10.2. The first-order valence-electron chi connectivity index (χ1n) is 7.88. The quantitative estimate of drug-likeness (QED) is 0.705. The number of aliphatic hydroxyl groups is 1. The van der Waals surface area contributed by atoms with Gasteiger partial charge in [-0.3, -0.25) is 0 Å². The minimum absolute atomic E-state index is 0.382. The average molecular weight is 402 g/mol. The predicted octanol–water partition coefficient (Wildman–Crippen LogP) is 3.64. The molecule has 1 N–H and O–H groups in total. The van der Waals surface area contributed by atoms with Gasteiger partial charge in [0.25, 0.3) is 5.89 Å². The van der Waals surface area contributed by atoms with Crippen LogP contribution < -0.4 is 4.74 Å². The first kappa shape index (κ1) is 16.2. The Morgan fingerprint density at radius 2 is 1.96 bits per heavy atom. The van der Waals surface area contributed by atoms with E-state index < -0.39 is 11.7 Å². The van der Waals surface area contributed by atoms with E-state index in [1.165, 1.54) is 0 Å². The Balaban J connectivity index is 1.65. The van der Waals surface area contributed by atoms with Crippen LogP contribution in [0.3, 0.4) is 0 Å². The van der Waals surface area contributed by atoms with Crippen molar-refractivity contribution in [3.8, 4) is 28.7 Å².